The third-order valence-corrected chi connectivity index (χ3v) is 4.76. The SMILES string of the molecule is Cc1nn(C)c(N2CC3CCCC(N)C3C2)c1C#N. The van der Waals surface area contributed by atoms with Gasteiger partial charge in [0, 0.05) is 26.2 Å². The molecular weight excluding hydrogens is 238 g/mol. The molecule has 19 heavy (non-hydrogen) atoms. The van der Waals surface area contributed by atoms with Gasteiger partial charge in [0.2, 0.25) is 0 Å². The second-order valence-electron chi connectivity index (χ2n) is 5.94. The number of fused-ring (bicyclic) bond motifs is 1. The first-order chi connectivity index (χ1) is 9.11. The first-order valence-corrected chi connectivity index (χ1v) is 7.06. The molecule has 3 unspecified atom stereocenters. The van der Waals surface area contributed by atoms with Gasteiger partial charge in [0.05, 0.1) is 5.69 Å². The van der Waals surface area contributed by atoms with E-state index in [4.69, 9.17) is 5.73 Å². The van der Waals surface area contributed by atoms with Crippen LogP contribution in [0.25, 0.3) is 0 Å². The van der Waals surface area contributed by atoms with Crippen molar-refractivity contribution in [1.29, 1.82) is 5.26 Å². The van der Waals surface area contributed by atoms with Crippen molar-refractivity contribution < 1.29 is 0 Å². The van der Waals surface area contributed by atoms with Crippen molar-refractivity contribution in [3.8, 4) is 6.07 Å². The Bertz CT molecular complexity index is 527. The standard InChI is InChI=1S/C14H21N5/c1-9-11(6-15)14(18(2)17-9)19-7-10-4-3-5-13(16)12(10)8-19/h10,12-13H,3-5,7-8,16H2,1-2H3. The Morgan fingerprint density at radius 1 is 1.37 bits per heavy atom. The zero-order valence-electron chi connectivity index (χ0n) is 11.6. The largest absolute Gasteiger partial charge is 0.355 e. The normalized spacial score (nSPS) is 30.2. The van der Waals surface area contributed by atoms with E-state index in [0.29, 0.717) is 17.9 Å². The van der Waals surface area contributed by atoms with Crippen LogP contribution in [0.5, 0.6) is 0 Å². The van der Waals surface area contributed by atoms with Gasteiger partial charge in [0.25, 0.3) is 0 Å². The monoisotopic (exact) mass is 259 g/mol. The van der Waals surface area contributed by atoms with E-state index < -0.39 is 0 Å². The highest BCUT2D eigenvalue weighted by atomic mass is 15.4. The number of aromatic nitrogens is 2. The molecule has 1 aromatic heterocycles. The number of rotatable bonds is 1. The van der Waals surface area contributed by atoms with Gasteiger partial charge in [-0.15, -0.1) is 0 Å². The molecule has 102 valence electrons. The van der Waals surface area contributed by atoms with Gasteiger partial charge in [0.15, 0.2) is 0 Å². The predicted molar refractivity (Wildman–Crippen MR) is 73.7 cm³/mol. The molecule has 5 heteroatoms. The lowest BCUT2D eigenvalue weighted by molar-refractivity contribution is 0.260. The smallest absolute Gasteiger partial charge is 0.144 e. The van der Waals surface area contributed by atoms with Crippen molar-refractivity contribution in [2.75, 3.05) is 18.0 Å². The molecule has 5 nitrogen and oxygen atoms in total. The van der Waals surface area contributed by atoms with Crippen molar-refractivity contribution in [2.45, 2.75) is 32.2 Å². The van der Waals surface area contributed by atoms with Crippen molar-refractivity contribution in [3.63, 3.8) is 0 Å². The fourth-order valence-corrected chi connectivity index (χ4v) is 3.83. The molecule has 2 fully saturated rings. The van der Waals surface area contributed by atoms with Gasteiger partial charge < -0.3 is 10.6 Å². The van der Waals surface area contributed by atoms with Crippen LogP contribution in [0.15, 0.2) is 0 Å². The molecular formula is C14H21N5. The fourth-order valence-electron chi connectivity index (χ4n) is 3.83. The summed E-state index contributed by atoms with van der Waals surface area (Å²) < 4.78 is 1.84. The highest BCUT2D eigenvalue weighted by Gasteiger charge is 2.40. The first kappa shape index (κ1) is 12.5. The highest BCUT2D eigenvalue weighted by Crippen LogP contribution is 2.38. The fraction of sp³-hybridized carbons (Fsp3) is 0.714. The summed E-state index contributed by atoms with van der Waals surface area (Å²) in [5.74, 6) is 2.24. The van der Waals surface area contributed by atoms with Crippen LogP contribution in [-0.4, -0.2) is 28.9 Å². The number of nitrogens with two attached hydrogens (primary N) is 1. The van der Waals surface area contributed by atoms with Crippen LogP contribution in [0.2, 0.25) is 0 Å². The van der Waals surface area contributed by atoms with E-state index in [0.717, 1.165) is 36.6 Å². The third-order valence-electron chi connectivity index (χ3n) is 4.76. The zero-order valence-corrected chi connectivity index (χ0v) is 11.6. The summed E-state index contributed by atoms with van der Waals surface area (Å²) in [4.78, 5) is 2.32. The lowest BCUT2D eigenvalue weighted by atomic mass is 9.78. The third kappa shape index (κ3) is 1.91. The summed E-state index contributed by atoms with van der Waals surface area (Å²) in [6.07, 6.45) is 3.66. The van der Waals surface area contributed by atoms with Crippen LogP contribution in [0.3, 0.4) is 0 Å². The maximum absolute atomic E-state index is 9.33. The Morgan fingerprint density at radius 2 is 2.16 bits per heavy atom. The molecule has 2 N–H and O–H groups in total. The van der Waals surface area contributed by atoms with E-state index in [2.05, 4.69) is 16.1 Å². The van der Waals surface area contributed by atoms with E-state index >= 15 is 0 Å². The van der Waals surface area contributed by atoms with Gasteiger partial charge in [-0.1, -0.05) is 6.42 Å². The molecule has 0 amide bonds. The summed E-state index contributed by atoms with van der Waals surface area (Å²) in [7, 11) is 1.92. The zero-order chi connectivity index (χ0) is 13.6. The number of nitrogens with zero attached hydrogens (tertiary/aromatic N) is 4. The Labute approximate surface area is 114 Å². The van der Waals surface area contributed by atoms with Gasteiger partial charge in [0.1, 0.15) is 17.5 Å². The van der Waals surface area contributed by atoms with Crippen LogP contribution in [0, 0.1) is 30.1 Å². The number of nitriles is 1. The molecule has 3 atom stereocenters. The average Bonchev–Trinajstić information content (AvgIpc) is 2.90. The Balaban J connectivity index is 1.91. The van der Waals surface area contributed by atoms with E-state index in [1.807, 2.05) is 18.7 Å². The summed E-state index contributed by atoms with van der Waals surface area (Å²) in [5, 5.41) is 13.7. The maximum Gasteiger partial charge on any atom is 0.144 e. The van der Waals surface area contributed by atoms with Crippen molar-refractivity contribution in [2.24, 2.45) is 24.6 Å². The second kappa shape index (κ2) is 4.53. The molecule has 2 heterocycles. The van der Waals surface area contributed by atoms with Crippen LogP contribution >= 0.6 is 0 Å². The first-order valence-electron chi connectivity index (χ1n) is 7.06. The minimum atomic E-state index is 0.323. The molecule has 1 saturated carbocycles. The van der Waals surface area contributed by atoms with Gasteiger partial charge in [-0.2, -0.15) is 10.4 Å². The van der Waals surface area contributed by atoms with E-state index in [1.54, 1.807) is 0 Å². The Kier molecular flexibility index (Phi) is 2.98. The minimum Gasteiger partial charge on any atom is -0.355 e. The van der Waals surface area contributed by atoms with Crippen molar-refractivity contribution in [1.82, 2.24) is 9.78 Å². The second-order valence-corrected chi connectivity index (χ2v) is 5.94. The molecule has 1 aliphatic heterocycles. The quantitative estimate of drug-likeness (QED) is 0.821. The average molecular weight is 259 g/mol. The highest BCUT2D eigenvalue weighted by molar-refractivity contribution is 5.57. The lowest BCUT2D eigenvalue weighted by Gasteiger charge is -2.29. The summed E-state index contributed by atoms with van der Waals surface area (Å²) in [6.45, 7) is 3.89. The van der Waals surface area contributed by atoms with Crippen LogP contribution in [0.1, 0.15) is 30.5 Å². The van der Waals surface area contributed by atoms with Gasteiger partial charge >= 0.3 is 0 Å². The van der Waals surface area contributed by atoms with Crippen molar-refractivity contribution >= 4 is 5.82 Å². The van der Waals surface area contributed by atoms with Crippen LogP contribution < -0.4 is 10.6 Å². The molecule has 1 saturated heterocycles. The Morgan fingerprint density at radius 3 is 2.84 bits per heavy atom. The number of aryl methyl sites for hydroxylation is 2. The molecule has 1 aromatic rings. The summed E-state index contributed by atoms with van der Waals surface area (Å²) in [5.41, 5.74) is 7.80. The van der Waals surface area contributed by atoms with E-state index in [-0.39, 0.29) is 0 Å². The predicted octanol–water partition coefficient (Wildman–Crippen LogP) is 1.16. The molecule has 0 spiro atoms. The number of hydrogen-bond donors (Lipinski definition) is 1. The van der Waals surface area contributed by atoms with Gasteiger partial charge in [-0.05, 0) is 31.6 Å². The minimum absolute atomic E-state index is 0.323. The maximum atomic E-state index is 9.33. The van der Waals surface area contributed by atoms with Crippen molar-refractivity contribution in [3.05, 3.63) is 11.3 Å². The number of anilines is 1. The van der Waals surface area contributed by atoms with Crippen LogP contribution in [0.4, 0.5) is 5.82 Å². The van der Waals surface area contributed by atoms with E-state index in [9.17, 15) is 5.26 Å². The summed E-state index contributed by atoms with van der Waals surface area (Å²) >= 11 is 0. The Hall–Kier alpha value is -1.54. The molecule has 2 aliphatic rings. The van der Waals surface area contributed by atoms with Gasteiger partial charge in [-0.3, -0.25) is 4.68 Å². The topological polar surface area (TPSA) is 70.9 Å². The van der Waals surface area contributed by atoms with Crippen LogP contribution in [-0.2, 0) is 7.05 Å². The number of hydrogen-bond acceptors (Lipinski definition) is 4. The lowest BCUT2D eigenvalue weighted by Crippen LogP contribution is -2.38. The molecule has 0 bridgehead atoms. The molecule has 1 aliphatic carbocycles. The molecule has 0 aromatic carbocycles. The molecule has 0 radical (unpaired) electrons. The van der Waals surface area contributed by atoms with E-state index in [1.165, 1.54) is 12.8 Å². The summed E-state index contributed by atoms with van der Waals surface area (Å²) in [6, 6.07) is 2.62. The molecule has 3 rings (SSSR count). The van der Waals surface area contributed by atoms with Gasteiger partial charge in [-0.25, -0.2) is 0 Å².